The summed E-state index contributed by atoms with van der Waals surface area (Å²) in [5.41, 5.74) is 0.0962. The number of sulfonamides is 1. The number of halogens is 3. The minimum Gasteiger partial charge on any atom is -0.318 e. The van der Waals surface area contributed by atoms with Crippen LogP contribution in [-0.2, 0) is 10.0 Å². The van der Waals surface area contributed by atoms with Crippen LogP contribution in [0, 0.1) is 11.7 Å². The molecule has 3 rings (SSSR count). The van der Waals surface area contributed by atoms with E-state index in [0.717, 1.165) is 6.07 Å². The van der Waals surface area contributed by atoms with E-state index in [1.54, 1.807) is 13.8 Å². The Morgan fingerprint density at radius 3 is 2.69 bits per heavy atom. The maximum absolute atomic E-state index is 14.3. The first-order valence-electron chi connectivity index (χ1n) is 8.26. The molecule has 0 aliphatic heterocycles. The van der Waals surface area contributed by atoms with Crippen LogP contribution in [0.4, 0.5) is 15.8 Å². The molecule has 0 atom stereocenters. The fraction of sp³-hybridized carbons (Fsp3) is 0.235. The number of hydrogen-bond acceptors (Lipinski definition) is 6. The molecule has 0 unspecified atom stereocenters. The topological polar surface area (TPSA) is 101 Å². The maximum atomic E-state index is 14.3. The summed E-state index contributed by atoms with van der Waals surface area (Å²) in [4.78, 5) is 20.6. The Labute approximate surface area is 180 Å². The molecule has 29 heavy (non-hydrogen) atoms. The third-order valence-corrected chi connectivity index (χ3v) is 7.11. The van der Waals surface area contributed by atoms with Crippen LogP contribution >= 0.6 is 34.5 Å². The van der Waals surface area contributed by atoms with E-state index in [0.29, 0.717) is 10.2 Å². The average molecular weight is 477 g/mol. The van der Waals surface area contributed by atoms with Gasteiger partial charge in [-0.05, 0) is 18.1 Å². The lowest BCUT2D eigenvalue weighted by atomic mass is 10.2. The fourth-order valence-corrected chi connectivity index (χ4v) is 5.47. The molecule has 0 aliphatic carbocycles. The lowest BCUT2D eigenvalue weighted by Crippen LogP contribution is -2.21. The summed E-state index contributed by atoms with van der Waals surface area (Å²) in [6, 6.07) is 2.21. The number of carbonyl (C=O) groups is 1. The van der Waals surface area contributed by atoms with Crippen LogP contribution in [0.15, 0.2) is 23.8 Å². The maximum Gasteiger partial charge on any atom is 0.258 e. The van der Waals surface area contributed by atoms with Crippen molar-refractivity contribution in [2.24, 2.45) is 5.92 Å². The second kappa shape index (κ2) is 8.39. The number of aromatic nitrogens is 2. The van der Waals surface area contributed by atoms with Crippen molar-refractivity contribution in [3.63, 3.8) is 0 Å². The van der Waals surface area contributed by atoms with Crippen LogP contribution in [0.2, 0.25) is 10.2 Å². The molecule has 154 valence electrons. The van der Waals surface area contributed by atoms with E-state index in [1.165, 1.54) is 29.1 Å². The number of anilines is 2. The first-order chi connectivity index (χ1) is 13.6. The van der Waals surface area contributed by atoms with E-state index in [-0.39, 0.29) is 38.8 Å². The van der Waals surface area contributed by atoms with Crippen molar-refractivity contribution in [2.75, 3.05) is 15.8 Å². The Morgan fingerprint density at radius 1 is 1.28 bits per heavy atom. The standard InChI is InChI=1S/C17H15Cl2FN4O3S2/c1-8(2)6-29(26,27)24-11-4-3-10(20)14(12(11)18)23-17(25)9-5-28-15-13(9)21-7-22-16(15)19/h3-5,7-8,24H,6H2,1-2H3,(H,23,25). The monoisotopic (exact) mass is 476 g/mol. The van der Waals surface area contributed by atoms with Crippen molar-refractivity contribution in [3.05, 3.63) is 45.4 Å². The van der Waals surface area contributed by atoms with E-state index in [9.17, 15) is 17.6 Å². The minimum absolute atomic E-state index is 0.0374. The molecule has 0 aliphatic rings. The zero-order chi connectivity index (χ0) is 21.3. The zero-order valence-corrected chi connectivity index (χ0v) is 18.3. The van der Waals surface area contributed by atoms with Gasteiger partial charge in [-0.2, -0.15) is 0 Å². The molecule has 1 aromatic carbocycles. The third kappa shape index (κ3) is 4.77. The van der Waals surface area contributed by atoms with Crippen LogP contribution in [0.5, 0.6) is 0 Å². The van der Waals surface area contributed by atoms with Gasteiger partial charge in [-0.15, -0.1) is 11.3 Å². The lowest BCUT2D eigenvalue weighted by Gasteiger charge is -2.14. The van der Waals surface area contributed by atoms with E-state index in [2.05, 4.69) is 20.0 Å². The molecule has 0 saturated carbocycles. The molecule has 2 heterocycles. The molecule has 1 amide bonds. The Hall–Kier alpha value is -2.01. The van der Waals surface area contributed by atoms with Crippen molar-refractivity contribution in [3.8, 4) is 0 Å². The number of thiophene rings is 1. The SMILES string of the molecule is CC(C)CS(=O)(=O)Nc1ccc(F)c(NC(=O)c2csc3c(Cl)ncnc23)c1Cl. The van der Waals surface area contributed by atoms with Gasteiger partial charge in [-0.1, -0.05) is 37.0 Å². The summed E-state index contributed by atoms with van der Waals surface area (Å²) in [6.07, 6.45) is 1.21. The number of rotatable bonds is 6. The molecule has 2 aromatic heterocycles. The molecule has 7 nitrogen and oxygen atoms in total. The number of hydrogen-bond donors (Lipinski definition) is 2. The van der Waals surface area contributed by atoms with Crippen LogP contribution in [0.25, 0.3) is 10.2 Å². The number of fused-ring (bicyclic) bond motifs is 1. The van der Waals surface area contributed by atoms with Gasteiger partial charge >= 0.3 is 0 Å². The fourth-order valence-electron chi connectivity index (χ4n) is 2.56. The van der Waals surface area contributed by atoms with Gasteiger partial charge in [0.2, 0.25) is 10.0 Å². The molecule has 12 heteroatoms. The first-order valence-corrected chi connectivity index (χ1v) is 11.6. The highest BCUT2D eigenvalue weighted by Crippen LogP contribution is 2.35. The Kier molecular flexibility index (Phi) is 6.27. The molecule has 0 saturated heterocycles. The van der Waals surface area contributed by atoms with E-state index < -0.39 is 21.7 Å². The lowest BCUT2D eigenvalue weighted by molar-refractivity contribution is 0.102. The molecule has 0 radical (unpaired) electrons. The summed E-state index contributed by atoms with van der Waals surface area (Å²) >= 11 is 13.3. The predicted molar refractivity (Wildman–Crippen MR) is 114 cm³/mol. The van der Waals surface area contributed by atoms with Gasteiger partial charge < -0.3 is 5.32 Å². The predicted octanol–water partition coefficient (Wildman–Crippen LogP) is 4.79. The van der Waals surface area contributed by atoms with Crippen LogP contribution < -0.4 is 10.0 Å². The largest absolute Gasteiger partial charge is 0.318 e. The normalized spacial score (nSPS) is 11.8. The van der Waals surface area contributed by atoms with Crippen LogP contribution in [0.1, 0.15) is 24.2 Å². The van der Waals surface area contributed by atoms with Crippen molar-refractivity contribution in [1.82, 2.24) is 9.97 Å². The highest BCUT2D eigenvalue weighted by Gasteiger charge is 2.22. The van der Waals surface area contributed by atoms with E-state index in [1.807, 2.05) is 0 Å². The molecule has 0 fully saturated rings. The molecule has 0 bridgehead atoms. The molecule has 0 spiro atoms. The average Bonchev–Trinajstić information content (AvgIpc) is 3.05. The van der Waals surface area contributed by atoms with E-state index >= 15 is 0 Å². The summed E-state index contributed by atoms with van der Waals surface area (Å²) in [5, 5.41) is 3.83. The first kappa shape index (κ1) is 21.7. The molecular formula is C17H15Cl2FN4O3S2. The number of amides is 1. The zero-order valence-electron chi connectivity index (χ0n) is 15.2. The second-order valence-electron chi connectivity index (χ2n) is 6.51. The van der Waals surface area contributed by atoms with Crippen LogP contribution in [0.3, 0.4) is 0 Å². The second-order valence-corrected chi connectivity index (χ2v) is 9.89. The van der Waals surface area contributed by atoms with Crippen molar-refractivity contribution < 1.29 is 17.6 Å². The Morgan fingerprint density at radius 2 is 2.00 bits per heavy atom. The molecule has 2 N–H and O–H groups in total. The third-order valence-electron chi connectivity index (χ3n) is 3.70. The van der Waals surface area contributed by atoms with Crippen molar-refractivity contribution >= 4 is 72.1 Å². The minimum atomic E-state index is -3.69. The van der Waals surface area contributed by atoms with Crippen LogP contribution in [-0.4, -0.2) is 30.0 Å². The smallest absolute Gasteiger partial charge is 0.258 e. The highest BCUT2D eigenvalue weighted by molar-refractivity contribution is 7.92. The highest BCUT2D eigenvalue weighted by atomic mass is 35.5. The summed E-state index contributed by atoms with van der Waals surface area (Å²) in [5.74, 6) is -1.74. The number of benzene rings is 1. The van der Waals surface area contributed by atoms with Crippen molar-refractivity contribution in [2.45, 2.75) is 13.8 Å². The van der Waals surface area contributed by atoms with Gasteiger partial charge in [0.25, 0.3) is 5.91 Å². The summed E-state index contributed by atoms with van der Waals surface area (Å²) < 4.78 is 41.5. The number of nitrogens with zero attached hydrogens (tertiary/aromatic N) is 2. The van der Waals surface area contributed by atoms with E-state index in [4.69, 9.17) is 23.2 Å². The number of carbonyl (C=O) groups excluding carboxylic acids is 1. The van der Waals surface area contributed by atoms with Gasteiger partial charge in [0.15, 0.2) is 0 Å². The van der Waals surface area contributed by atoms with Gasteiger partial charge in [0, 0.05) is 5.38 Å². The Bertz CT molecular complexity index is 1200. The van der Waals surface area contributed by atoms with Crippen molar-refractivity contribution in [1.29, 1.82) is 0 Å². The molecular weight excluding hydrogens is 462 g/mol. The quantitative estimate of drug-likeness (QED) is 0.498. The van der Waals surface area contributed by atoms with Gasteiger partial charge in [-0.25, -0.2) is 22.8 Å². The molecule has 3 aromatic rings. The summed E-state index contributed by atoms with van der Waals surface area (Å²) in [6.45, 7) is 3.50. The number of nitrogens with one attached hydrogen (secondary N) is 2. The van der Waals surface area contributed by atoms with Gasteiger partial charge in [0.05, 0.1) is 37.9 Å². The van der Waals surface area contributed by atoms with Gasteiger partial charge in [-0.3, -0.25) is 9.52 Å². The Balaban J connectivity index is 1.92. The summed E-state index contributed by atoms with van der Waals surface area (Å²) in [7, 11) is -3.69. The van der Waals surface area contributed by atoms with Gasteiger partial charge in [0.1, 0.15) is 17.3 Å².